The molecule has 0 bridgehead atoms. The molecule has 0 spiro atoms. The first-order valence-electron chi connectivity index (χ1n) is 2.94. The van der Waals surface area contributed by atoms with E-state index < -0.39 is 16.7 Å². The monoisotopic (exact) mass is 256 g/mol. The quantitative estimate of drug-likeness (QED) is 0.748. The van der Waals surface area contributed by atoms with Gasteiger partial charge in [-0.25, -0.2) is 0 Å². The van der Waals surface area contributed by atoms with Gasteiger partial charge in [0.2, 0.25) is 0 Å². The van der Waals surface area contributed by atoms with Gasteiger partial charge in [-0.1, -0.05) is 0 Å². The second-order valence-electron chi connectivity index (χ2n) is 1.98. The van der Waals surface area contributed by atoms with Crippen molar-refractivity contribution >= 4 is 0 Å². The first-order chi connectivity index (χ1) is 5.49. The van der Waals surface area contributed by atoms with Crippen molar-refractivity contribution in [2.75, 3.05) is 0 Å². The molecule has 0 aliphatic heterocycles. The Morgan fingerprint density at radius 2 is 1.83 bits per heavy atom. The molecule has 6 heteroatoms. The van der Waals surface area contributed by atoms with Crippen LogP contribution >= 0.6 is 0 Å². The van der Waals surface area contributed by atoms with Crippen LogP contribution < -0.4 is 3.39 Å². The van der Waals surface area contributed by atoms with Gasteiger partial charge in [-0.3, -0.25) is 0 Å². The Morgan fingerprint density at radius 1 is 1.25 bits per heavy atom. The Morgan fingerprint density at radius 3 is 2.33 bits per heavy atom. The van der Waals surface area contributed by atoms with Gasteiger partial charge in [-0.15, -0.1) is 0 Å². The Hall–Kier alpha value is -0.932. The van der Waals surface area contributed by atoms with Crippen molar-refractivity contribution < 1.29 is 35.8 Å². The average molecular weight is 254 g/mol. The van der Waals surface area contributed by atoms with E-state index in [1.807, 2.05) is 0 Å². The van der Waals surface area contributed by atoms with Gasteiger partial charge < -0.3 is 0 Å². The maximum atomic E-state index is 10.3. The fourth-order valence-corrected chi connectivity index (χ4v) is 1.55. The van der Waals surface area contributed by atoms with Gasteiger partial charge >= 0.3 is 71.6 Å². The SMILES string of the molecule is [O]=[Mo](=[O])([OH])[O]c1ccccc1O. The van der Waals surface area contributed by atoms with Crippen LogP contribution in [0.1, 0.15) is 0 Å². The summed E-state index contributed by atoms with van der Waals surface area (Å²) >= 11 is -5.58. The van der Waals surface area contributed by atoms with Crippen LogP contribution in [0.5, 0.6) is 11.5 Å². The van der Waals surface area contributed by atoms with E-state index in [1.165, 1.54) is 24.3 Å². The maximum absolute atomic E-state index is 10.3. The van der Waals surface area contributed by atoms with E-state index in [9.17, 15) is 6.80 Å². The summed E-state index contributed by atoms with van der Waals surface area (Å²) in [5.74, 6) is -0.583. The van der Waals surface area contributed by atoms with Crippen molar-refractivity contribution in [1.29, 1.82) is 0 Å². The first-order valence-corrected chi connectivity index (χ1v) is 6.29. The molecule has 0 amide bonds. The Bertz CT molecular complexity index is 369. The number of phenolic OH excluding ortho intramolecular Hbond substituents is 1. The van der Waals surface area contributed by atoms with Crippen molar-refractivity contribution in [3.8, 4) is 11.5 Å². The van der Waals surface area contributed by atoms with E-state index in [0.29, 0.717) is 0 Å². The van der Waals surface area contributed by atoms with Crippen molar-refractivity contribution in [3.63, 3.8) is 0 Å². The molecule has 0 saturated heterocycles. The molecule has 0 atom stereocenters. The number of hydrogen-bond acceptors (Lipinski definition) is 4. The molecule has 0 aliphatic carbocycles. The molecule has 2 N–H and O–H groups in total. The van der Waals surface area contributed by atoms with E-state index in [4.69, 9.17) is 8.87 Å². The summed E-state index contributed by atoms with van der Waals surface area (Å²) in [6, 6.07) is 5.47. The summed E-state index contributed by atoms with van der Waals surface area (Å²) in [5.41, 5.74) is 0. The molecule has 5 nitrogen and oxygen atoms in total. The molecule has 0 aromatic heterocycles. The molecule has 0 heterocycles. The standard InChI is InChI=1S/C6H6O2.Mo.H2O.2O/c7-5-3-1-2-4-6(5)8;;;;/h1-4,7-8H;;1H2;;/q;+2;;;/p-2. The van der Waals surface area contributed by atoms with Crippen LogP contribution in [0.3, 0.4) is 0 Å². The molecule has 0 aliphatic rings. The second-order valence-corrected chi connectivity index (χ2v) is 4.49. The molecule has 1 aromatic rings. The summed E-state index contributed by atoms with van der Waals surface area (Å²) in [4.78, 5) is 0. The predicted octanol–water partition coefficient (Wildman–Crippen LogP) is 0.438. The molecule has 0 saturated carbocycles. The molecular weight excluding hydrogens is 248 g/mol. The minimum absolute atomic E-state index is 0.258. The number of phenols is 1. The summed E-state index contributed by atoms with van der Waals surface area (Å²) in [7, 11) is 0. The molecule has 12 heavy (non-hydrogen) atoms. The molecule has 1 rings (SSSR count). The van der Waals surface area contributed by atoms with Gasteiger partial charge in [0.15, 0.2) is 0 Å². The van der Waals surface area contributed by atoms with Crippen LogP contribution in [-0.4, -0.2) is 8.87 Å². The fourth-order valence-electron chi connectivity index (χ4n) is 0.641. The van der Waals surface area contributed by atoms with E-state index in [1.54, 1.807) is 0 Å². The van der Waals surface area contributed by atoms with Crippen LogP contribution in [-0.2, 0) is 23.5 Å². The fraction of sp³-hybridized carbons (Fsp3) is 0. The number of para-hydroxylation sites is 2. The minimum atomic E-state index is -5.58. The van der Waals surface area contributed by atoms with E-state index in [0.717, 1.165) is 0 Å². The zero-order valence-electron chi connectivity index (χ0n) is 5.84. The number of hydrogen-bond donors (Lipinski definition) is 2. The topological polar surface area (TPSA) is 83.8 Å². The van der Waals surface area contributed by atoms with Crippen LogP contribution in [0.15, 0.2) is 24.3 Å². The molecule has 0 radical (unpaired) electrons. The number of rotatable bonds is 2. The van der Waals surface area contributed by atoms with Crippen molar-refractivity contribution in [2.45, 2.75) is 0 Å². The summed E-state index contributed by atoms with van der Waals surface area (Å²) in [6.45, 7) is 0. The summed E-state index contributed by atoms with van der Waals surface area (Å²) < 4.78 is 33.0. The molecule has 0 fully saturated rings. The normalized spacial score (nSPS) is 11.1. The van der Waals surface area contributed by atoms with Crippen LogP contribution in [0.25, 0.3) is 0 Å². The summed E-state index contributed by atoms with van der Waals surface area (Å²) in [6.07, 6.45) is 0. The Labute approximate surface area is 71.9 Å². The second kappa shape index (κ2) is 3.21. The van der Waals surface area contributed by atoms with Gasteiger partial charge in [0.1, 0.15) is 0 Å². The third-order valence-electron chi connectivity index (χ3n) is 1.06. The van der Waals surface area contributed by atoms with Crippen LogP contribution in [0, 0.1) is 0 Å². The third kappa shape index (κ3) is 2.60. The Balaban J connectivity index is 2.98. The molecule has 1 aromatic carbocycles. The van der Waals surface area contributed by atoms with Crippen LogP contribution in [0.4, 0.5) is 0 Å². The third-order valence-corrected chi connectivity index (χ3v) is 2.02. The zero-order chi connectivity index (χ0) is 9.19. The van der Waals surface area contributed by atoms with E-state index in [2.05, 4.69) is 3.39 Å². The number of aromatic hydroxyl groups is 1. The molecule has 0 unspecified atom stereocenters. The summed E-state index contributed by atoms with van der Waals surface area (Å²) in [5, 5.41) is 8.99. The molecule has 66 valence electrons. The van der Waals surface area contributed by atoms with Gasteiger partial charge in [0.25, 0.3) is 0 Å². The molecular formula is C6H6MoO5. The average Bonchev–Trinajstić information content (AvgIpc) is 1.91. The number of benzene rings is 1. The van der Waals surface area contributed by atoms with Gasteiger partial charge in [0.05, 0.1) is 0 Å². The van der Waals surface area contributed by atoms with Gasteiger partial charge in [-0.05, 0) is 0 Å². The van der Waals surface area contributed by atoms with Gasteiger partial charge in [0, 0.05) is 0 Å². The van der Waals surface area contributed by atoms with E-state index >= 15 is 0 Å². The zero-order valence-corrected chi connectivity index (χ0v) is 7.84. The predicted molar refractivity (Wildman–Crippen MR) is 32.3 cm³/mol. The van der Waals surface area contributed by atoms with Crippen LogP contribution in [0.2, 0.25) is 0 Å². The van der Waals surface area contributed by atoms with E-state index in [-0.39, 0.29) is 11.5 Å². The van der Waals surface area contributed by atoms with Crippen molar-refractivity contribution in [1.82, 2.24) is 0 Å². The first kappa shape index (κ1) is 9.16. The van der Waals surface area contributed by atoms with Gasteiger partial charge in [-0.2, -0.15) is 0 Å². The Kier molecular flexibility index (Phi) is 2.45. The van der Waals surface area contributed by atoms with Crippen molar-refractivity contribution in [2.24, 2.45) is 0 Å². The van der Waals surface area contributed by atoms with Crippen molar-refractivity contribution in [3.05, 3.63) is 24.3 Å².